The largest absolute Gasteiger partial charge is 0.288 e. The molecule has 0 radical (unpaired) electrons. The van der Waals surface area contributed by atoms with Crippen molar-refractivity contribution < 1.29 is 8.78 Å². The highest BCUT2D eigenvalue weighted by Crippen LogP contribution is 2.27. The molecule has 0 atom stereocenters. The van der Waals surface area contributed by atoms with E-state index in [4.69, 9.17) is 0 Å². The second-order valence-corrected chi connectivity index (χ2v) is 5.98. The van der Waals surface area contributed by atoms with Crippen LogP contribution in [0, 0.1) is 0 Å². The molecular weight excluding hydrogens is 288 g/mol. The number of unbranched alkanes of at least 4 members (excludes halogenated alkanes) is 2. The highest BCUT2D eigenvalue weighted by atomic mass is 32.2. The van der Waals surface area contributed by atoms with E-state index in [-0.39, 0.29) is 0 Å². The summed E-state index contributed by atoms with van der Waals surface area (Å²) in [6, 6.07) is 11.2. The fraction of sp³-hybridized carbons (Fsp3) is 0.353. The van der Waals surface area contributed by atoms with Crippen LogP contribution in [0.5, 0.6) is 0 Å². The lowest BCUT2D eigenvalue weighted by atomic mass is 10.1. The second-order valence-electron chi connectivity index (χ2n) is 4.91. The van der Waals surface area contributed by atoms with Gasteiger partial charge in [-0.05, 0) is 36.6 Å². The molecule has 0 fully saturated rings. The Kier molecular flexibility index (Phi) is 6.18. The van der Waals surface area contributed by atoms with Crippen LogP contribution in [-0.4, -0.2) is 10.7 Å². The van der Waals surface area contributed by atoms with Crippen molar-refractivity contribution in [1.82, 2.24) is 4.98 Å². The SMILES string of the molecule is CCCCCc1ccc(-c2ccc(SC(F)F)cc2)nc1. The number of alkyl halides is 2. The summed E-state index contributed by atoms with van der Waals surface area (Å²) >= 11 is 0.562. The minimum Gasteiger partial charge on any atom is -0.256 e. The predicted octanol–water partition coefficient (Wildman–Crippen LogP) is 5.80. The maximum atomic E-state index is 12.3. The summed E-state index contributed by atoms with van der Waals surface area (Å²) in [5, 5.41) is 0. The van der Waals surface area contributed by atoms with E-state index in [1.165, 1.54) is 24.8 Å². The average Bonchev–Trinajstić information content (AvgIpc) is 2.49. The van der Waals surface area contributed by atoms with E-state index in [2.05, 4.69) is 18.0 Å². The third-order valence-corrected chi connectivity index (χ3v) is 3.99. The minimum absolute atomic E-state index is 0.562. The maximum Gasteiger partial charge on any atom is 0.288 e. The zero-order valence-corrected chi connectivity index (χ0v) is 12.9. The minimum atomic E-state index is -2.38. The Balaban J connectivity index is 2.01. The Morgan fingerprint density at radius 2 is 1.81 bits per heavy atom. The highest BCUT2D eigenvalue weighted by Gasteiger charge is 2.06. The standard InChI is InChI=1S/C17H19F2NS/c1-2-3-4-5-13-6-11-16(20-12-13)14-7-9-15(10-8-14)21-17(18)19/h6-12,17H,2-5H2,1H3. The molecule has 2 aromatic rings. The average molecular weight is 307 g/mol. The van der Waals surface area contributed by atoms with Gasteiger partial charge in [-0.25, -0.2) is 0 Å². The van der Waals surface area contributed by atoms with Crippen molar-refractivity contribution in [3.63, 3.8) is 0 Å². The van der Waals surface area contributed by atoms with Gasteiger partial charge in [0.05, 0.1) is 5.69 Å². The third kappa shape index (κ3) is 5.12. The highest BCUT2D eigenvalue weighted by molar-refractivity contribution is 7.99. The van der Waals surface area contributed by atoms with Crippen molar-refractivity contribution in [2.75, 3.05) is 0 Å². The Morgan fingerprint density at radius 1 is 1.05 bits per heavy atom. The lowest BCUT2D eigenvalue weighted by Crippen LogP contribution is -1.89. The first-order valence-corrected chi connectivity index (χ1v) is 8.07. The molecule has 1 heterocycles. The van der Waals surface area contributed by atoms with E-state index < -0.39 is 5.76 Å². The lowest BCUT2D eigenvalue weighted by Gasteiger charge is -2.05. The molecule has 0 saturated carbocycles. The first-order valence-electron chi connectivity index (χ1n) is 7.19. The Morgan fingerprint density at radius 3 is 2.38 bits per heavy atom. The summed E-state index contributed by atoms with van der Waals surface area (Å²) < 4.78 is 24.5. The van der Waals surface area contributed by atoms with Crippen molar-refractivity contribution >= 4 is 11.8 Å². The van der Waals surface area contributed by atoms with E-state index in [1.54, 1.807) is 12.1 Å². The van der Waals surface area contributed by atoms with Crippen LogP contribution in [0.15, 0.2) is 47.5 Å². The summed E-state index contributed by atoms with van der Waals surface area (Å²) in [7, 11) is 0. The number of rotatable bonds is 7. The van der Waals surface area contributed by atoms with Crippen molar-refractivity contribution in [1.29, 1.82) is 0 Å². The second kappa shape index (κ2) is 8.13. The maximum absolute atomic E-state index is 12.3. The molecule has 21 heavy (non-hydrogen) atoms. The molecule has 0 N–H and O–H groups in total. The number of pyridine rings is 1. The van der Waals surface area contributed by atoms with Crippen LogP contribution in [0.2, 0.25) is 0 Å². The van der Waals surface area contributed by atoms with Gasteiger partial charge >= 0.3 is 0 Å². The molecule has 2 rings (SSSR count). The lowest BCUT2D eigenvalue weighted by molar-refractivity contribution is 0.252. The van der Waals surface area contributed by atoms with E-state index in [0.29, 0.717) is 16.7 Å². The van der Waals surface area contributed by atoms with Gasteiger partial charge in [0.2, 0.25) is 0 Å². The number of hydrogen-bond acceptors (Lipinski definition) is 2. The summed E-state index contributed by atoms with van der Waals surface area (Å²) in [5.74, 6) is -2.38. The number of nitrogens with zero attached hydrogens (tertiary/aromatic N) is 1. The molecule has 0 aliphatic heterocycles. The molecule has 1 aromatic heterocycles. The van der Waals surface area contributed by atoms with Gasteiger partial charge in [0.25, 0.3) is 5.76 Å². The van der Waals surface area contributed by atoms with E-state index in [1.807, 2.05) is 24.4 Å². The van der Waals surface area contributed by atoms with Crippen LogP contribution < -0.4 is 0 Å². The number of hydrogen-bond donors (Lipinski definition) is 0. The fourth-order valence-electron chi connectivity index (χ4n) is 2.13. The predicted molar refractivity (Wildman–Crippen MR) is 84.8 cm³/mol. The molecule has 0 aliphatic rings. The normalized spacial score (nSPS) is 11.0. The Labute approximate surface area is 128 Å². The van der Waals surface area contributed by atoms with E-state index >= 15 is 0 Å². The Hall–Kier alpha value is -1.42. The van der Waals surface area contributed by atoms with Crippen LogP contribution in [-0.2, 0) is 6.42 Å². The molecule has 0 unspecified atom stereocenters. The van der Waals surface area contributed by atoms with E-state index in [9.17, 15) is 8.78 Å². The van der Waals surface area contributed by atoms with Gasteiger partial charge in [-0.2, -0.15) is 8.78 Å². The third-order valence-electron chi connectivity index (χ3n) is 3.27. The van der Waals surface area contributed by atoms with E-state index in [0.717, 1.165) is 17.7 Å². The molecule has 0 bridgehead atoms. The Bertz CT molecular complexity index is 538. The molecule has 0 amide bonds. The van der Waals surface area contributed by atoms with Gasteiger partial charge in [-0.3, -0.25) is 4.98 Å². The number of aromatic nitrogens is 1. The van der Waals surface area contributed by atoms with Crippen molar-refractivity contribution in [3.05, 3.63) is 48.2 Å². The van der Waals surface area contributed by atoms with Gasteiger partial charge in [-0.1, -0.05) is 49.7 Å². The monoisotopic (exact) mass is 307 g/mol. The molecule has 0 spiro atoms. The van der Waals surface area contributed by atoms with Crippen LogP contribution in [0.4, 0.5) is 8.78 Å². The topological polar surface area (TPSA) is 12.9 Å². The fourth-order valence-corrected chi connectivity index (χ4v) is 2.63. The zero-order valence-electron chi connectivity index (χ0n) is 12.1. The number of thioether (sulfide) groups is 1. The van der Waals surface area contributed by atoms with Crippen LogP contribution >= 0.6 is 11.8 Å². The van der Waals surface area contributed by atoms with Gasteiger partial charge in [-0.15, -0.1) is 0 Å². The van der Waals surface area contributed by atoms with Crippen LogP contribution in [0.3, 0.4) is 0 Å². The summed E-state index contributed by atoms with van der Waals surface area (Å²) in [6.45, 7) is 2.19. The molecule has 112 valence electrons. The van der Waals surface area contributed by atoms with Crippen molar-refractivity contribution in [3.8, 4) is 11.3 Å². The number of aryl methyl sites for hydroxylation is 1. The molecular formula is C17H19F2NS. The summed E-state index contributed by atoms with van der Waals surface area (Å²) in [4.78, 5) is 5.04. The molecule has 1 nitrogen and oxygen atoms in total. The van der Waals surface area contributed by atoms with Gasteiger partial charge < -0.3 is 0 Å². The van der Waals surface area contributed by atoms with Crippen LogP contribution in [0.1, 0.15) is 31.7 Å². The van der Waals surface area contributed by atoms with Crippen molar-refractivity contribution in [2.45, 2.75) is 43.3 Å². The summed E-state index contributed by atoms with van der Waals surface area (Å²) in [5.41, 5.74) is 3.08. The first-order chi connectivity index (χ1) is 10.2. The van der Waals surface area contributed by atoms with Crippen molar-refractivity contribution in [2.24, 2.45) is 0 Å². The van der Waals surface area contributed by atoms with Gasteiger partial charge in [0.15, 0.2) is 0 Å². The van der Waals surface area contributed by atoms with Gasteiger partial charge in [0.1, 0.15) is 0 Å². The first kappa shape index (κ1) is 16.0. The zero-order chi connectivity index (χ0) is 15.1. The number of halogens is 2. The quantitative estimate of drug-likeness (QED) is 0.474. The molecule has 0 aliphatic carbocycles. The molecule has 0 saturated heterocycles. The smallest absolute Gasteiger partial charge is 0.256 e. The summed E-state index contributed by atoms with van der Waals surface area (Å²) in [6.07, 6.45) is 6.62. The van der Waals surface area contributed by atoms with Gasteiger partial charge in [0, 0.05) is 16.7 Å². The molecule has 4 heteroatoms. The molecule has 1 aromatic carbocycles. The number of benzene rings is 1. The van der Waals surface area contributed by atoms with Crippen LogP contribution in [0.25, 0.3) is 11.3 Å².